The monoisotopic (exact) mass is 268 g/mol. The van der Waals surface area contributed by atoms with Gasteiger partial charge in [0.1, 0.15) is 19.0 Å². The molecule has 2 aliphatic rings. The molecular formula is C12H12O7. The van der Waals surface area contributed by atoms with Crippen molar-refractivity contribution in [2.24, 2.45) is 0 Å². The minimum Gasteiger partial charge on any atom is -0.465 e. The van der Waals surface area contributed by atoms with Crippen molar-refractivity contribution >= 4 is 11.9 Å². The number of epoxide rings is 2. The molecule has 0 aromatic carbocycles. The summed E-state index contributed by atoms with van der Waals surface area (Å²) in [5.41, 5.74) is 0.697. The van der Waals surface area contributed by atoms with E-state index in [1.165, 1.54) is 6.26 Å². The van der Waals surface area contributed by atoms with Crippen LogP contribution in [0.1, 0.15) is 11.3 Å². The zero-order valence-electron chi connectivity index (χ0n) is 10.00. The first-order valence-electron chi connectivity index (χ1n) is 5.85. The first-order valence-corrected chi connectivity index (χ1v) is 5.85. The third-order valence-corrected chi connectivity index (χ3v) is 2.64. The van der Waals surface area contributed by atoms with Crippen molar-refractivity contribution < 1.29 is 33.0 Å². The van der Waals surface area contributed by atoms with E-state index in [4.69, 9.17) is 23.4 Å². The lowest BCUT2D eigenvalue weighted by Gasteiger charge is -1.99. The molecule has 102 valence electrons. The van der Waals surface area contributed by atoms with Gasteiger partial charge in [0.15, 0.2) is 12.2 Å². The van der Waals surface area contributed by atoms with Crippen LogP contribution in [0, 0.1) is 0 Å². The van der Waals surface area contributed by atoms with Crippen molar-refractivity contribution in [1.82, 2.24) is 0 Å². The standard InChI is InChI=1S/C12H12O7/c13-11(9-5-16-9)18-3-7-1-8(15-2-7)4-19-12(14)10-6-17-10/h1-2,9-10H,3-6H2. The number of hydrogen-bond acceptors (Lipinski definition) is 7. The smallest absolute Gasteiger partial charge is 0.338 e. The quantitative estimate of drug-likeness (QED) is 0.536. The third kappa shape index (κ3) is 3.33. The summed E-state index contributed by atoms with van der Waals surface area (Å²) in [7, 11) is 0. The minimum atomic E-state index is -0.422. The van der Waals surface area contributed by atoms with Crippen LogP contribution >= 0.6 is 0 Å². The highest BCUT2D eigenvalue weighted by Gasteiger charge is 2.33. The molecule has 7 heteroatoms. The predicted octanol–water partition coefficient (Wildman–Crippen LogP) is 0.164. The van der Waals surface area contributed by atoms with E-state index < -0.39 is 18.2 Å². The molecule has 19 heavy (non-hydrogen) atoms. The summed E-state index contributed by atoms with van der Waals surface area (Å²) in [6.07, 6.45) is 0.623. The molecule has 3 rings (SSSR count). The van der Waals surface area contributed by atoms with Gasteiger partial charge in [0.2, 0.25) is 0 Å². The molecule has 0 N–H and O–H groups in total. The molecule has 7 nitrogen and oxygen atoms in total. The second kappa shape index (κ2) is 5.02. The number of carbonyl (C=O) groups is 2. The van der Waals surface area contributed by atoms with Crippen LogP contribution in [0.4, 0.5) is 0 Å². The molecule has 1 aromatic rings. The van der Waals surface area contributed by atoms with E-state index in [2.05, 4.69) is 0 Å². The Labute approximate surface area is 108 Å². The molecule has 0 radical (unpaired) electrons. The largest absolute Gasteiger partial charge is 0.465 e. The number of esters is 2. The lowest BCUT2D eigenvalue weighted by Crippen LogP contribution is -2.11. The van der Waals surface area contributed by atoms with E-state index in [1.807, 2.05) is 0 Å². The van der Waals surface area contributed by atoms with E-state index in [0.29, 0.717) is 24.5 Å². The molecule has 0 amide bonds. The Morgan fingerprint density at radius 1 is 1.11 bits per heavy atom. The Morgan fingerprint density at radius 2 is 1.68 bits per heavy atom. The van der Waals surface area contributed by atoms with Crippen molar-refractivity contribution in [3.63, 3.8) is 0 Å². The zero-order valence-corrected chi connectivity index (χ0v) is 10.00. The molecule has 2 atom stereocenters. The van der Waals surface area contributed by atoms with Gasteiger partial charge in [-0.25, -0.2) is 9.59 Å². The average molecular weight is 268 g/mol. The lowest BCUT2D eigenvalue weighted by atomic mass is 10.3. The van der Waals surface area contributed by atoms with Gasteiger partial charge in [-0.3, -0.25) is 0 Å². The lowest BCUT2D eigenvalue weighted by molar-refractivity contribution is -0.147. The number of ether oxygens (including phenoxy) is 4. The summed E-state index contributed by atoms with van der Waals surface area (Å²) in [5, 5.41) is 0. The van der Waals surface area contributed by atoms with Crippen molar-refractivity contribution in [1.29, 1.82) is 0 Å². The highest BCUT2D eigenvalue weighted by molar-refractivity contribution is 5.77. The van der Waals surface area contributed by atoms with Crippen LogP contribution < -0.4 is 0 Å². The predicted molar refractivity (Wildman–Crippen MR) is 57.8 cm³/mol. The summed E-state index contributed by atoms with van der Waals surface area (Å²) >= 11 is 0. The Hall–Kier alpha value is -1.86. The minimum absolute atomic E-state index is 0.0401. The van der Waals surface area contributed by atoms with Gasteiger partial charge in [-0.1, -0.05) is 0 Å². The highest BCUT2D eigenvalue weighted by Crippen LogP contribution is 2.16. The number of furan rings is 1. The van der Waals surface area contributed by atoms with Gasteiger partial charge in [-0.15, -0.1) is 0 Å². The Bertz CT molecular complexity index is 442. The van der Waals surface area contributed by atoms with Crippen LogP contribution in [-0.2, 0) is 41.8 Å². The zero-order chi connectivity index (χ0) is 13.2. The Morgan fingerprint density at radius 3 is 2.26 bits per heavy atom. The molecule has 2 unspecified atom stereocenters. The van der Waals surface area contributed by atoms with Crippen LogP contribution in [0.5, 0.6) is 0 Å². The van der Waals surface area contributed by atoms with Gasteiger partial charge in [0.25, 0.3) is 0 Å². The number of carbonyl (C=O) groups excluding carboxylic acids is 2. The van der Waals surface area contributed by atoms with Crippen molar-refractivity contribution in [2.75, 3.05) is 13.2 Å². The van der Waals surface area contributed by atoms with Crippen LogP contribution in [0.25, 0.3) is 0 Å². The van der Waals surface area contributed by atoms with Gasteiger partial charge < -0.3 is 23.4 Å². The summed E-state index contributed by atoms with van der Waals surface area (Å²) in [6, 6.07) is 1.67. The maximum atomic E-state index is 11.2. The summed E-state index contributed by atoms with van der Waals surface area (Å²) in [5.74, 6) is -0.280. The molecular weight excluding hydrogens is 256 g/mol. The fourth-order valence-electron chi connectivity index (χ4n) is 1.43. The van der Waals surface area contributed by atoms with E-state index >= 15 is 0 Å². The van der Waals surface area contributed by atoms with E-state index in [-0.39, 0.29) is 19.2 Å². The maximum Gasteiger partial charge on any atom is 0.338 e. The topological polar surface area (TPSA) is 90.8 Å². The van der Waals surface area contributed by atoms with Crippen LogP contribution in [0.3, 0.4) is 0 Å². The normalized spacial score (nSPS) is 23.8. The summed E-state index contributed by atoms with van der Waals surface area (Å²) in [4.78, 5) is 22.4. The number of rotatable bonds is 6. The summed E-state index contributed by atoms with van der Waals surface area (Å²) < 4.78 is 24.7. The molecule has 2 aliphatic heterocycles. The first kappa shape index (κ1) is 12.2. The van der Waals surface area contributed by atoms with Crippen LogP contribution in [-0.4, -0.2) is 37.4 Å². The van der Waals surface area contributed by atoms with E-state index in [0.717, 1.165) is 0 Å². The molecule has 2 fully saturated rings. The van der Waals surface area contributed by atoms with Gasteiger partial charge in [0, 0.05) is 5.56 Å². The molecule has 0 aliphatic carbocycles. The van der Waals surface area contributed by atoms with Gasteiger partial charge in [0.05, 0.1) is 19.5 Å². The van der Waals surface area contributed by atoms with Gasteiger partial charge in [-0.2, -0.15) is 0 Å². The van der Waals surface area contributed by atoms with Gasteiger partial charge in [-0.05, 0) is 6.07 Å². The highest BCUT2D eigenvalue weighted by atomic mass is 16.6. The SMILES string of the molecule is O=C(OCc1coc(COC(=O)C2CO2)c1)C1CO1. The molecule has 0 bridgehead atoms. The molecule has 2 saturated heterocycles. The third-order valence-electron chi connectivity index (χ3n) is 2.64. The molecule has 0 spiro atoms. The fraction of sp³-hybridized carbons (Fsp3) is 0.500. The van der Waals surface area contributed by atoms with E-state index in [1.54, 1.807) is 6.07 Å². The average Bonchev–Trinajstić information content (AvgIpc) is 3.29. The van der Waals surface area contributed by atoms with Crippen LogP contribution in [0.15, 0.2) is 16.7 Å². The Kier molecular flexibility index (Phi) is 3.22. The van der Waals surface area contributed by atoms with Crippen molar-refractivity contribution in [3.05, 3.63) is 23.7 Å². The molecule has 0 saturated carbocycles. The number of hydrogen-bond donors (Lipinski definition) is 0. The Balaban J connectivity index is 1.42. The molecule has 1 aromatic heterocycles. The second-order valence-corrected chi connectivity index (χ2v) is 4.28. The fourth-order valence-corrected chi connectivity index (χ4v) is 1.43. The first-order chi connectivity index (χ1) is 9.22. The summed E-state index contributed by atoms with van der Waals surface area (Å²) in [6.45, 7) is 0.996. The van der Waals surface area contributed by atoms with Crippen LogP contribution in [0.2, 0.25) is 0 Å². The maximum absolute atomic E-state index is 11.2. The second-order valence-electron chi connectivity index (χ2n) is 4.28. The van der Waals surface area contributed by atoms with Crippen molar-refractivity contribution in [2.45, 2.75) is 25.4 Å². The van der Waals surface area contributed by atoms with E-state index in [9.17, 15) is 9.59 Å². The van der Waals surface area contributed by atoms with Crippen molar-refractivity contribution in [3.8, 4) is 0 Å². The molecule has 3 heterocycles. The van der Waals surface area contributed by atoms with Gasteiger partial charge >= 0.3 is 11.9 Å².